The molecule has 3 amide bonds. The van der Waals surface area contributed by atoms with Gasteiger partial charge >= 0.3 is 5.97 Å². The lowest BCUT2D eigenvalue weighted by molar-refractivity contribution is -0.142. The summed E-state index contributed by atoms with van der Waals surface area (Å²) in [7, 11) is 0. The number of carbonyl (C=O) groups excluding carboxylic acids is 3. The number of imidazole rings is 1. The number of carboxylic acid groups (broad SMARTS) is 1. The van der Waals surface area contributed by atoms with E-state index in [4.69, 9.17) is 17.2 Å². The van der Waals surface area contributed by atoms with Crippen molar-refractivity contribution in [3.63, 3.8) is 0 Å². The molecule has 190 valence electrons. The minimum absolute atomic E-state index is 0.0363. The number of rotatable bonds is 15. The largest absolute Gasteiger partial charge is 0.480 e. The average Bonchev–Trinajstić information content (AvgIpc) is 3.29. The summed E-state index contributed by atoms with van der Waals surface area (Å²) >= 11 is 4.01. The van der Waals surface area contributed by atoms with E-state index < -0.39 is 54.5 Å². The van der Waals surface area contributed by atoms with E-state index >= 15 is 0 Å². The number of nitrogens with zero attached hydrogens (tertiary/aromatic N) is 2. The summed E-state index contributed by atoms with van der Waals surface area (Å²) in [6.45, 7) is -0.590. The molecule has 0 aliphatic rings. The lowest BCUT2D eigenvalue weighted by atomic mass is 10.1. The molecule has 12 N–H and O–H groups in total. The molecule has 0 bridgehead atoms. The average molecular weight is 502 g/mol. The summed E-state index contributed by atoms with van der Waals surface area (Å²) < 4.78 is 0. The maximum Gasteiger partial charge on any atom is 0.326 e. The normalized spacial score (nSPS) is 14.2. The molecule has 0 saturated heterocycles. The quantitative estimate of drug-likeness (QED) is 0.0479. The minimum Gasteiger partial charge on any atom is -0.480 e. The standard InChI is InChI=1S/C18H31N9O6S/c19-10(4-9-5-22-8-24-9)14(29)26-12(6-28)15(30)27-13(7-34)16(31)25-11(17(32)33)2-1-3-23-18(20)21/h5,8,10-13,28,34H,1-4,6-7,19H2,(H,22,24)(H,25,31)(H,26,29)(H,27,30)(H,32,33)(H4,20,21,23). The van der Waals surface area contributed by atoms with Gasteiger partial charge in [0.1, 0.15) is 18.1 Å². The van der Waals surface area contributed by atoms with E-state index in [-0.39, 0.29) is 37.5 Å². The van der Waals surface area contributed by atoms with Crippen LogP contribution in [-0.2, 0) is 25.6 Å². The van der Waals surface area contributed by atoms with E-state index in [9.17, 15) is 29.4 Å². The van der Waals surface area contributed by atoms with Gasteiger partial charge in [0.2, 0.25) is 17.7 Å². The Morgan fingerprint density at radius 1 is 1.09 bits per heavy atom. The molecule has 1 aromatic rings. The molecule has 4 unspecified atom stereocenters. The van der Waals surface area contributed by atoms with Crippen LogP contribution in [0.4, 0.5) is 0 Å². The number of hydrogen-bond donors (Lipinski definition) is 10. The van der Waals surface area contributed by atoms with Gasteiger partial charge in [0.15, 0.2) is 5.96 Å². The van der Waals surface area contributed by atoms with Crippen LogP contribution in [0.1, 0.15) is 18.5 Å². The number of guanidine groups is 1. The maximum absolute atomic E-state index is 12.5. The van der Waals surface area contributed by atoms with Crippen molar-refractivity contribution in [1.82, 2.24) is 25.9 Å². The van der Waals surface area contributed by atoms with E-state index in [0.717, 1.165) is 0 Å². The smallest absolute Gasteiger partial charge is 0.326 e. The zero-order valence-electron chi connectivity index (χ0n) is 18.3. The van der Waals surface area contributed by atoms with Gasteiger partial charge in [-0.05, 0) is 12.8 Å². The van der Waals surface area contributed by atoms with Crippen LogP contribution >= 0.6 is 12.6 Å². The zero-order valence-corrected chi connectivity index (χ0v) is 19.2. The number of hydrogen-bond acceptors (Lipinski definition) is 9. The van der Waals surface area contributed by atoms with Crippen LogP contribution in [-0.4, -0.2) is 92.9 Å². The summed E-state index contributed by atoms with van der Waals surface area (Å²) in [4.78, 5) is 59.1. The Morgan fingerprint density at radius 3 is 2.24 bits per heavy atom. The Balaban J connectivity index is 2.66. The summed E-state index contributed by atoms with van der Waals surface area (Å²) in [5, 5.41) is 25.8. The van der Waals surface area contributed by atoms with Crippen molar-refractivity contribution in [2.75, 3.05) is 18.9 Å². The number of amides is 3. The van der Waals surface area contributed by atoms with Crippen LogP contribution in [0, 0.1) is 0 Å². The molecular formula is C18H31N9O6S. The number of nitrogens with one attached hydrogen (secondary N) is 4. The highest BCUT2D eigenvalue weighted by Crippen LogP contribution is 2.02. The van der Waals surface area contributed by atoms with Gasteiger partial charge in [-0.15, -0.1) is 0 Å². The van der Waals surface area contributed by atoms with E-state index in [2.05, 4.69) is 43.5 Å². The number of aromatic nitrogens is 2. The molecule has 16 heteroatoms. The van der Waals surface area contributed by atoms with Gasteiger partial charge in [0, 0.05) is 30.6 Å². The molecule has 1 heterocycles. The fourth-order valence-corrected chi connectivity index (χ4v) is 2.96. The van der Waals surface area contributed by atoms with Crippen molar-refractivity contribution in [3.05, 3.63) is 18.2 Å². The van der Waals surface area contributed by atoms with Crippen LogP contribution in [0.2, 0.25) is 0 Å². The molecule has 0 spiro atoms. The topological polar surface area (TPSA) is 264 Å². The van der Waals surface area contributed by atoms with Crippen molar-refractivity contribution in [2.24, 2.45) is 22.2 Å². The predicted molar refractivity (Wildman–Crippen MR) is 125 cm³/mol. The first kappa shape index (κ1) is 28.7. The molecule has 15 nitrogen and oxygen atoms in total. The lowest BCUT2D eigenvalue weighted by Crippen LogP contribution is -2.58. The molecule has 34 heavy (non-hydrogen) atoms. The van der Waals surface area contributed by atoms with Crippen LogP contribution < -0.4 is 33.2 Å². The van der Waals surface area contributed by atoms with E-state index in [1.165, 1.54) is 12.5 Å². The van der Waals surface area contributed by atoms with Gasteiger partial charge in [0.25, 0.3) is 0 Å². The fraction of sp³-hybridized carbons (Fsp3) is 0.556. The number of aliphatic imine (C=N–C) groups is 1. The molecule has 1 aromatic heterocycles. The number of carbonyl (C=O) groups is 4. The Bertz CT molecular complexity index is 847. The van der Waals surface area contributed by atoms with Gasteiger partial charge < -0.3 is 48.3 Å². The monoisotopic (exact) mass is 501 g/mol. The fourth-order valence-electron chi connectivity index (χ4n) is 2.70. The van der Waals surface area contributed by atoms with E-state index in [0.29, 0.717) is 5.69 Å². The van der Waals surface area contributed by atoms with Gasteiger partial charge in [-0.2, -0.15) is 12.6 Å². The minimum atomic E-state index is -1.40. The highest BCUT2D eigenvalue weighted by atomic mass is 32.1. The van der Waals surface area contributed by atoms with E-state index in [1.54, 1.807) is 0 Å². The highest BCUT2D eigenvalue weighted by Gasteiger charge is 2.29. The Labute approximate surface area is 200 Å². The molecular weight excluding hydrogens is 470 g/mol. The summed E-state index contributed by atoms with van der Waals surface area (Å²) in [5.41, 5.74) is 16.8. The third-order valence-electron chi connectivity index (χ3n) is 4.52. The number of aliphatic carboxylic acids is 1. The van der Waals surface area contributed by atoms with Crippen molar-refractivity contribution in [1.29, 1.82) is 0 Å². The number of aliphatic hydroxyl groups is 1. The SMILES string of the molecule is NC(N)=NCCCC(NC(=O)C(CS)NC(=O)C(CO)NC(=O)C(N)Cc1cnc[nH]1)C(=O)O. The molecule has 0 fully saturated rings. The number of carboxylic acids is 1. The number of aromatic amines is 1. The highest BCUT2D eigenvalue weighted by molar-refractivity contribution is 7.80. The van der Waals surface area contributed by atoms with Crippen LogP contribution in [0.5, 0.6) is 0 Å². The summed E-state index contributed by atoms with van der Waals surface area (Å²) in [6.07, 6.45) is 3.35. The van der Waals surface area contributed by atoms with Crippen molar-refractivity contribution < 1.29 is 29.4 Å². The summed E-state index contributed by atoms with van der Waals surface area (Å²) in [5.74, 6) is -3.99. The number of nitrogens with two attached hydrogens (primary N) is 3. The third-order valence-corrected chi connectivity index (χ3v) is 4.89. The maximum atomic E-state index is 12.5. The summed E-state index contributed by atoms with van der Waals surface area (Å²) in [6, 6.07) is -4.92. The second-order valence-corrected chi connectivity index (χ2v) is 7.59. The Morgan fingerprint density at radius 2 is 1.71 bits per heavy atom. The Kier molecular flexibility index (Phi) is 12.4. The second kappa shape index (κ2) is 14.7. The number of aliphatic hydroxyl groups excluding tert-OH is 1. The van der Waals surface area contributed by atoms with Gasteiger partial charge in [-0.25, -0.2) is 9.78 Å². The molecule has 1 rings (SSSR count). The first-order chi connectivity index (χ1) is 16.1. The number of thiol groups is 1. The Hall–Kier alpha value is -3.37. The molecule has 0 saturated carbocycles. The molecule has 4 atom stereocenters. The van der Waals surface area contributed by atoms with Crippen molar-refractivity contribution in [2.45, 2.75) is 43.4 Å². The predicted octanol–water partition coefficient (Wildman–Crippen LogP) is -4.21. The van der Waals surface area contributed by atoms with Gasteiger partial charge in [-0.3, -0.25) is 19.4 Å². The van der Waals surface area contributed by atoms with E-state index in [1.807, 2.05) is 0 Å². The molecule has 0 aliphatic heterocycles. The van der Waals surface area contributed by atoms with Crippen molar-refractivity contribution in [3.8, 4) is 0 Å². The van der Waals surface area contributed by atoms with Crippen molar-refractivity contribution >= 4 is 42.3 Å². The van der Waals surface area contributed by atoms with Crippen LogP contribution in [0.25, 0.3) is 0 Å². The molecule has 0 radical (unpaired) electrons. The lowest BCUT2D eigenvalue weighted by Gasteiger charge is -2.23. The first-order valence-corrected chi connectivity index (χ1v) is 10.9. The number of H-pyrrole nitrogens is 1. The third kappa shape index (κ3) is 10.1. The van der Waals surface area contributed by atoms with Crippen LogP contribution in [0.15, 0.2) is 17.5 Å². The van der Waals surface area contributed by atoms with Gasteiger partial charge in [-0.1, -0.05) is 0 Å². The first-order valence-electron chi connectivity index (χ1n) is 10.2. The molecule has 0 aromatic carbocycles. The molecule has 0 aliphatic carbocycles. The zero-order chi connectivity index (χ0) is 25.7. The van der Waals surface area contributed by atoms with Crippen LogP contribution in [0.3, 0.4) is 0 Å². The second-order valence-electron chi connectivity index (χ2n) is 7.22. The van der Waals surface area contributed by atoms with Gasteiger partial charge in [0.05, 0.1) is 19.0 Å².